The maximum atomic E-state index is 12.3. The number of rotatable bonds is 5. The minimum atomic E-state index is -0.108. The van der Waals surface area contributed by atoms with Gasteiger partial charge in [-0.25, -0.2) is 4.98 Å². The average Bonchev–Trinajstić information content (AvgIpc) is 2.64. The highest BCUT2D eigenvalue weighted by molar-refractivity contribution is 5.92. The molecule has 0 bridgehead atoms. The molecule has 136 valence electrons. The molecule has 0 aliphatic heterocycles. The fourth-order valence-corrected chi connectivity index (χ4v) is 3.12. The number of anilines is 3. The Morgan fingerprint density at radius 3 is 2.19 bits per heavy atom. The van der Waals surface area contributed by atoms with Gasteiger partial charge in [0.05, 0.1) is 11.9 Å². The summed E-state index contributed by atoms with van der Waals surface area (Å²) in [7, 11) is 0. The van der Waals surface area contributed by atoms with E-state index in [-0.39, 0.29) is 17.9 Å². The average molecular weight is 352 g/mol. The highest BCUT2D eigenvalue weighted by Gasteiger charge is 2.17. The Kier molecular flexibility index (Phi) is 5.84. The molecule has 3 rings (SSSR count). The lowest BCUT2D eigenvalue weighted by Crippen LogP contribution is -2.36. The van der Waals surface area contributed by atoms with Crippen LogP contribution in [0, 0.1) is 0 Å². The summed E-state index contributed by atoms with van der Waals surface area (Å²) >= 11 is 0. The van der Waals surface area contributed by atoms with Crippen molar-refractivity contribution in [1.82, 2.24) is 10.3 Å². The van der Waals surface area contributed by atoms with Crippen molar-refractivity contribution in [2.45, 2.75) is 45.1 Å². The second-order valence-electron chi connectivity index (χ2n) is 6.62. The topological polar surface area (TPSA) is 83.1 Å². The summed E-state index contributed by atoms with van der Waals surface area (Å²) in [6.07, 6.45) is 7.39. The van der Waals surface area contributed by atoms with E-state index in [0.29, 0.717) is 5.69 Å². The molecular formula is C20H24N4O2. The monoisotopic (exact) mass is 352 g/mol. The first-order valence-corrected chi connectivity index (χ1v) is 9.02. The number of nitrogens with one attached hydrogen (secondary N) is 3. The first kappa shape index (κ1) is 17.9. The molecule has 1 fully saturated rings. The van der Waals surface area contributed by atoms with Crippen LogP contribution in [0.2, 0.25) is 0 Å². The molecule has 6 heteroatoms. The Hall–Kier alpha value is -2.89. The first-order chi connectivity index (χ1) is 12.6. The normalized spacial score (nSPS) is 14.5. The standard InChI is InChI=1S/C20H24N4O2/c1-14(25)22-16-7-9-17(10-8-16)23-18-11-12-19(21-13-18)20(26)24-15-5-3-2-4-6-15/h7-13,15,23H,2-6H2,1H3,(H,22,25)(H,24,26). The van der Waals surface area contributed by atoms with Crippen molar-refractivity contribution in [3.8, 4) is 0 Å². The van der Waals surface area contributed by atoms with Gasteiger partial charge in [-0.15, -0.1) is 0 Å². The molecule has 0 unspecified atom stereocenters. The van der Waals surface area contributed by atoms with Gasteiger partial charge < -0.3 is 16.0 Å². The smallest absolute Gasteiger partial charge is 0.270 e. The molecule has 1 aromatic carbocycles. The number of benzene rings is 1. The Bertz CT molecular complexity index is 750. The van der Waals surface area contributed by atoms with Crippen LogP contribution in [0.3, 0.4) is 0 Å². The third kappa shape index (κ3) is 5.05. The largest absolute Gasteiger partial charge is 0.354 e. The van der Waals surface area contributed by atoms with E-state index < -0.39 is 0 Å². The molecule has 26 heavy (non-hydrogen) atoms. The van der Waals surface area contributed by atoms with Crippen molar-refractivity contribution in [3.05, 3.63) is 48.3 Å². The molecule has 3 N–H and O–H groups in total. The minimum Gasteiger partial charge on any atom is -0.354 e. The van der Waals surface area contributed by atoms with E-state index in [2.05, 4.69) is 20.9 Å². The van der Waals surface area contributed by atoms with Crippen LogP contribution in [-0.4, -0.2) is 22.8 Å². The second-order valence-corrected chi connectivity index (χ2v) is 6.62. The zero-order valence-electron chi connectivity index (χ0n) is 14.9. The van der Waals surface area contributed by atoms with Crippen LogP contribution in [0.25, 0.3) is 0 Å². The number of amides is 2. The van der Waals surface area contributed by atoms with Gasteiger partial charge in [-0.05, 0) is 49.2 Å². The van der Waals surface area contributed by atoms with Crippen LogP contribution in [0.15, 0.2) is 42.6 Å². The minimum absolute atomic E-state index is 0.1000. The van der Waals surface area contributed by atoms with Crippen molar-refractivity contribution in [3.63, 3.8) is 0 Å². The number of pyridine rings is 1. The number of hydrogen-bond acceptors (Lipinski definition) is 4. The molecule has 1 aromatic heterocycles. The van der Waals surface area contributed by atoms with E-state index in [1.165, 1.54) is 26.2 Å². The van der Waals surface area contributed by atoms with Crippen LogP contribution in [0.5, 0.6) is 0 Å². The van der Waals surface area contributed by atoms with E-state index >= 15 is 0 Å². The summed E-state index contributed by atoms with van der Waals surface area (Å²) in [5.41, 5.74) is 2.85. The number of aromatic nitrogens is 1. The van der Waals surface area contributed by atoms with Crippen LogP contribution in [0.4, 0.5) is 17.1 Å². The predicted molar refractivity (Wildman–Crippen MR) is 103 cm³/mol. The van der Waals surface area contributed by atoms with Crippen molar-refractivity contribution >= 4 is 28.9 Å². The molecular weight excluding hydrogens is 328 g/mol. The fraction of sp³-hybridized carbons (Fsp3) is 0.350. The van der Waals surface area contributed by atoms with Gasteiger partial charge in [0.1, 0.15) is 5.69 Å². The van der Waals surface area contributed by atoms with Crippen LogP contribution in [0.1, 0.15) is 49.5 Å². The Morgan fingerprint density at radius 2 is 1.58 bits per heavy atom. The van der Waals surface area contributed by atoms with Crippen molar-refractivity contribution in [1.29, 1.82) is 0 Å². The molecule has 0 spiro atoms. The third-order valence-electron chi connectivity index (χ3n) is 4.43. The van der Waals surface area contributed by atoms with Crippen molar-refractivity contribution in [2.75, 3.05) is 10.6 Å². The van der Waals surface area contributed by atoms with Gasteiger partial charge in [0.25, 0.3) is 5.91 Å². The second kappa shape index (κ2) is 8.47. The Balaban J connectivity index is 1.56. The SMILES string of the molecule is CC(=O)Nc1ccc(Nc2ccc(C(=O)NC3CCCCC3)nc2)cc1. The maximum absolute atomic E-state index is 12.3. The molecule has 0 saturated heterocycles. The zero-order valence-corrected chi connectivity index (χ0v) is 14.9. The molecule has 2 amide bonds. The van der Waals surface area contributed by atoms with Crippen molar-refractivity contribution < 1.29 is 9.59 Å². The lowest BCUT2D eigenvalue weighted by molar-refractivity contribution is -0.114. The van der Waals surface area contributed by atoms with Crippen LogP contribution in [-0.2, 0) is 4.79 Å². The molecule has 1 aliphatic rings. The summed E-state index contributed by atoms with van der Waals surface area (Å²) in [4.78, 5) is 27.6. The lowest BCUT2D eigenvalue weighted by atomic mass is 9.95. The predicted octanol–water partition coefficient (Wildman–Crippen LogP) is 3.85. The van der Waals surface area contributed by atoms with Gasteiger partial charge in [0.2, 0.25) is 5.91 Å². The summed E-state index contributed by atoms with van der Waals surface area (Å²) in [6.45, 7) is 1.48. The maximum Gasteiger partial charge on any atom is 0.270 e. The highest BCUT2D eigenvalue weighted by atomic mass is 16.2. The fourth-order valence-electron chi connectivity index (χ4n) is 3.12. The molecule has 0 atom stereocenters. The summed E-state index contributed by atoms with van der Waals surface area (Å²) in [5, 5.41) is 9.02. The molecule has 1 aliphatic carbocycles. The van der Waals surface area contributed by atoms with Gasteiger partial charge >= 0.3 is 0 Å². The van der Waals surface area contributed by atoms with Gasteiger partial charge in [-0.1, -0.05) is 19.3 Å². The number of carbonyl (C=O) groups is 2. The molecule has 1 saturated carbocycles. The van der Waals surface area contributed by atoms with Gasteiger partial charge in [0, 0.05) is 24.3 Å². The summed E-state index contributed by atoms with van der Waals surface area (Å²) in [5.74, 6) is -0.208. The third-order valence-corrected chi connectivity index (χ3v) is 4.43. The number of hydrogen-bond donors (Lipinski definition) is 3. The number of nitrogens with zero attached hydrogens (tertiary/aromatic N) is 1. The molecule has 2 aromatic rings. The Morgan fingerprint density at radius 1 is 0.923 bits per heavy atom. The van der Waals surface area contributed by atoms with E-state index in [9.17, 15) is 9.59 Å². The zero-order chi connectivity index (χ0) is 18.4. The van der Waals surface area contributed by atoms with Crippen LogP contribution >= 0.6 is 0 Å². The molecule has 0 radical (unpaired) electrons. The summed E-state index contributed by atoms with van der Waals surface area (Å²) in [6, 6.07) is 11.2. The van der Waals surface area contributed by atoms with Gasteiger partial charge in [0.15, 0.2) is 0 Å². The Labute approximate surface area is 153 Å². The lowest BCUT2D eigenvalue weighted by Gasteiger charge is -2.22. The van der Waals surface area contributed by atoms with Crippen molar-refractivity contribution in [2.24, 2.45) is 0 Å². The molecule has 1 heterocycles. The van der Waals surface area contributed by atoms with E-state index in [0.717, 1.165) is 29.9 Å². The van der Waals surface area contributed by atoms with E-state index in [4.69, 9.17) is 0 Å². The van der Waals surface area contributed by atoms with E-state index in [1.54, 1.807) is 12.3 Å². The highest BCUT2D eigenvalue weighted by Crippen LogP contribution is 2.20. The summed E-state index contributed by atoms with van der Waals surface area (Å²) < 4.78 is 0. The van der Waals surface area contributed by atoms with E-state index in [1.807, 2.05) is 30.3 Å². The van der Waals surface area contributed by atoms with Crippen LogP contribution < -0.4 is 16.0 Å². The first-order valence-electron chi connectivity index (χ1n) is 9.02. The van der Waals surface area contributed by atoms with Gasteiger partial charge in [-0.3, -0.25) is 9.59 Å². The van der Waals surface area contributed by atoms with Gasteiger partial charge in [-0.2, -0.15) is 0 Å². The molecule has 6 nitrogen and oxygen atoms in total. The quantitative estimate of drug-likeness (QED) is 0.763. The number of carbonyl (C=O) groups excluding carboxylic acids is 2.